The molecule has 107 heavy (non-hydrogen) atoms. The van der Waals surface area contributed by atoms with Crippen molar-refractivity contribution < 1.29 is 80.0 Å². The molecule has 23 nitrogen and oxygen atoms in total. The molecular weight excluding hydrogens is 1410 g/mol. The number of nitrogens with zero attached hydrogens (tertiary/aromatic N) is 6. The van der Waals surface area contributed by atoms with Crippen LogP contribution in [0.1, 0.15) is 106 Å². The summed E-state index contributed by atoms with van der Waals surface area (Å²) in [6.07, 6.45) is -14.2. The molecule has 0 spiro atoms. The summed E-state index contributed by atoms with van der Waals surface area (Å²) in [4.78, 5) is 47.5. The number of ether oxygens (including phenoxy) is 11. The van der Waals surface area contributed by atoms with E-state index < -0.39 is 161 Å². The van der Waals surface area contributed by atoms with Gasteiger partial charge < -0.3 is 28.1 Å². The Balaban J connectivity index is 1.07. The predicted octanol–water partition coefficient (Wildman–Crippen LogP) is 11.7. The molecule has 6 aromatic rings. The monoisotopic (exact) mass is 1510 g/mol. The van der Waals surface area contributed by atoms with E-state index in [4.69, 9.17) is 61.0 Å². The van der Waals surface area contributed by atoms with Crippen LogP contribution in [-0.4, -0.2) is 173 Å². The molecule has 4 aliphatic rings. The Morgan fingerprint density at radius 2 is 0.879 bits per heavy atom. The van der Waals surface area contributed by atoms with Gasteiger partial charge in [0.25, 0.3) is 8.32 Å². The fraction of sp³-hybridized carbons (Fsp3) is 0.506. The zero-order valence-electron chi connectivity index (χ0n) is 63.2. The maximum atomic E-state index is 14.9. The molecule has 6 aromatic carbocycles. The minimum atomic E-state index is -3.45. The van der Waals surface area contributed by atoms with Crippen molar-refractivity contribution in [1.29, 1.82) is 0 Å². The van der Waals surface area contributed by atoms with Crippen molar-refractivity contribution in [2.24, 2.45) is 33.9 Å². The summed E-state index contributed by atoms with van der Waals surface area (Å²) < 4.78 is 103. The fourth-order valence-electron chi connectivity index (χ4n) is 15.6. The van der Waals surface area contributed by atoms with Crippen LogP contribution < -0.4 is 20.7 Å². The quantitative estimate of drug-likeness (QED) is 0.00770. The third-order valence-corrected chi connectivity index (χ3v) is 32.8. The first kappa shape index (κ1) is 82.2. The number of azide groups is 2. The van der Waals surface area contributed by atoms with Gasteiger partial charge in [-0.2, -0.15) is 0 Å². The van der Waals surface area contributed by atoms with E-state index in [1.165, 1.54) is 20.7 Å². The first-order chi connectivity index (χ1) is 51.3. The summed E-state index contributed by atoms with van der Waals surface area (Å²) in [7, 11) is -6.11. The van der Waals surface area contributed by atoms with Crippen LogP contribution in [0.3, 0.4) is 0 Å². The van der Waals surface area contributed by atoms with E-state index in [0.717, 1.165) is 33.4 Å². The SMILES string of the molecule is CC(=O)OCC1O[C@@H](O[C@@H]2C(CO[Si](c3ccccc3)(c3ccccc3)C(C)(C)C)O[C@@H](O[C@@H]3C(COC(C)=O)OC(C)C(C)[C@@H]3OCc3ccccc3)C(N=[N+]=[N-])[C@H]2C)C(OC(=O)c2ccccc2)[C@@H](C)[C@@H]1O[C@@H]1OC(CO[Si](c2ccccc2)(c2ccccc2)C(C)(C)C)[C@@H](C)[C@H](P[B]B=O)C1N=[N+]=[N-]. The summed E-state index contributed by atoms with van der Waals surface area (Å²) in [5.74, 6) is -4.45. The molecular formula is C79H100B2N6O17PSi2. The van der Waals surface area contributed by atoms with E-state index in [-0.39, 0.29) is 52.3 Å². The molecule has 567 valence electrons. The molecule has 0 aliphatic carbocycles. The summed E-state index contributed by atoms with van der Waals surface area (Å²) in [5, 5.41) is 11.9. The standard InChI is InChI=1S/C79H100B2N6O17PSi2/c1-49-53(5)97-64(46-93-55(7)89)72(70(49)94-44-56-32-20-14-21-33-56)104-75-66(84-86-82)51(3)68(65(99-75)48-96-107(79(11,12)13,60-40-28-18-29-41-60)61-42-30-19-31-43-61)103-77-71(101-74(90)57-34-22-15-23-35-57)52(4)69(63(100-77)45-92-54(6)88)102-76-67(85-87-83)73(105-81-80-91)50(2)62(98-76)47-95-106(78(8,9)10,58-36-24-16-25-37-58)59-38-26-17-27-39-59/h14-43,49-53,62-73,75-77,105H,44-48H2,1-13H3/t49?,50-,51-,52+,53?,62?,63?,64?,65?,66?,67?,68+,69+,70+,71?,72-,73+,75+,76+,77+/m1/s1. The average Bonchev–Trinajstić information content (AvgIpc) is 0.747. The number of carbonyl (C=O) groups is 3. The molecule has 0 N–H and O–H groups in total. The van der Waals surface area contributed by atoms with E-state index >= 15 is 0 Å². The van der Waals surface area contributed by atoms with Crippen molar-refractivity contribution in [3.63, 3.8) is 0 Å². The Labute approximate surface area is 633 Å². The average molecular weight is 1510 g/mol. The van der Waals surface area contributed by atoms with Crippen molar-refractivity contribution in [2.45, 2.75) is 204 Å². The molecule has 1 radical (unpaired) electrons. The molecule has 0 bridgehead atoms. The van der Waals surface area contributed by atoms with Gasteiger partial charge in [-0.3, -0.25) is 4.79 Å². The van der Waals surface area contributed by atoms with E-state index in [1.807, 2.05) is 131 Å². The van der Waals surface area contributed by atoms with Gasteiger partial charge in [-0.25, -0.2) is 0 Å². The van der Waals surface area contributed by atoms with E-state index in [9.17, 15) is 30.2 Å². The van der Waals surface area contributed by atoms with Gasteiger partial charge in [0, 0.05) is 17.8 Å². The van der Waals surface area contributed by atoms with Gasteiger partial charge in [-0.15, -0.1) is 0 Å². The summed E-state index contributed by atoms with van der Waals surface area (Å²) in [6.45, 7) is 26.0. The maximum absolute atomic E-state index is 14.9. The Hall–Kier alpha value is -7.26. The molecule has 0 aromatic heterocycles. The first-order valence-electron chi connectivity index (χ1n) is 36.7. The number of esters is 3. The Bertz CT molecular complexity index is 3880. The van der Waals surface area contributed by atoms with Gasteiger partial charge in [-0.1, -0.05) is 149 Å². The van der Waals surface area contributed by atoms with Crippen molar-refractivity contribution >= 4 is 77.7 Å². The second-order valence-electron chi connectivity index (χ2n) is 30.2. The Kier molecular flexibility index (Phi) is 28.8. The molecule has 4 heterocycles. The molecule has 0 saturated carbocycles. The molecule has 4 saturated heterocycles. The van der Waals surface area contributed by atoms with Crippen molar-refractivity contribution in [3.8, 4) is 0 Å². The second-order valence-corrected chi connectivity index (χ2v) is 40.1. The fourth-order valence-corrected chi connectivity index (χ4v) is 26.0. The van der Waals surface area contributed by atoms with Crippen molar-refractivity contribution in [2.75, 3.05) is 26.4 Å². The summed E-state index contributed by atoms with van der Waals surface area (Å²) >= 11 is 0. The van der Waals surface area contributed by atoms with Crippen LogP contribution in [0, 0.1) is 23.7 Å². The van der Waals surface area contributed by atoms with E-state index in [1.54, 1.807) is 37.3 Å². The van der Waals surface area contributed by atoms with Gasteiger partial charge in [0.15, 0.2) is 6.29 Å². The Morgan fingerprint density at radius 3 is 1.36 bits per heavy atom. The van der Waals surface area contributed by atoms with Crippen LogP contribution in [0.4, 0.5) is 0 Å². The van der Waals surface area contributed by atoms with Gasteiger partial charge in [-0.05, 0) is 51.5 Å². The van der Waals surface area contributed by atoms with Gasteiger partial charge >= 0.3 is 314 Å². The van der Waals surface area contributed by atoms with Crippen LogP contribution in [0.2, 0.25) is 10.1 Å². The summed E-state index contributed by atoms with van der Waals surface area (Å²) in [5.41, 5.74) is 21.8. The molecule has 10 unspecified atom stereocenters. The first-order valence-corrected chi connectivity index (χ1v) is 41.7. The Morgan fingerprint density at radius 1 is 0.477 bits per heavy atom. The van der Waals surface area contributed by atoms with Crippen LogP contribution in [-0.2, 0) is 81.9 Å². The number of rotatable bonds is 30. The third-order valence-electron chi connectivity index (χ3n) is 21.2. The van der Waals surface area contributed by atoms with Crippen molar-refractivity contribution in [3.05, 3.63) is 214 Å². The van der Waals surface area contributed by atoms with Crippen LogP contribution in [0.5, 0.6) is 0 Å². The number of benzene rings is 6. The number of hydrogen-bond donors (Lipinski definition) is 0. The molecule has 28 heteroatoms. The zero-order chi connectivity index (χ0) is 76.6. The van der Waals surface area contributed by atoms with Gasteiger partial charge in [0.05, 0.1) is 31.5 Å². The van der Waals surface area contributed by atoms with Crippen LogP contribution in [0.25, 0.3) is 20.9 Å². The normalized spacial score (nSPS) is 29.1. The summed E-state index contributed by atoms with van der Waals surface area (Å²) in [6, 6.07) is 56.4. The topological polar surface area (TPSA) is 286 Å². The second kappa shape index (κ2) is 37.4. The van der Waals surface area contributed by atoms with Crippen molar-refractivity contribution in [1.82, 2.24) is 0 Å². The number of carbonyl (C=O) groups excluding carboxylic acids is 3. The molecule has 4 fully saturated rings. The molecule has 10 rings (SSSR count). The van der Waals surface area contributed by atoms with Gasteiger partial charge in [0.2, 0.25) is 0 Å². The minimum absolute atomic E-state index is 0.0513. The molecule has 4 aliphatic heterocycles. The third kappa shape index (κ3) is 19.1. The predicted molar refractivity (Wildman–Crippen MR) is 413 cm³/mol. The van der Waals surface area contributed by atoms with Gasteiger partial charge in [0.1, 0.15) is 24.9 Å². The zero-order valence-corrected chi connectivity index (χ0v) is 66.2. The molecule has 0 amide bonds. The van der Waals surface area contributed by atoms with E-state index in [2.05, 4.69) is 110 Å². The van der Waals surface area contributed by atoms with E-state index in [0.29, 0.717) is 0 Å². The van der Waals surface area contributed by atoms with Crippen LogP contribution in [0.15, 0.2) is 192 Å². The van der Waals surface area contributed by atoms with Crippen LogP contribution >= 0.6 is 8.46 Å². The number of hydrogen-bond acceptors (Lipinski definition) is 19. The molecule has 21 atom stereocenters.